The summed E-state index contributed by atoms with van der Waals surface area (Å²) in [6.07, 6.45) is 0. The van der Waals surface area contributed by atoms with Crippen molar-refractivity contribution in [2.75, 3.05) is 19.7 Å². The summed E-state index contributed by atoms with van der Waals surface area (Å²) in [5, 5.41) is 2.80. The quantitative estimate of drug-likeness (QED) is 0.793. The lowest BCUT2D eigenvalue weighted by Gasteiger charge is -2.19. The minimum absolute atomic E-state index is 0. The van der Waals surface area contributed by atoms with Crippen molar-refractivity contribution < 1.29 is 9.53 Å². The highest BCUT2D eigenvalue weighted by atomic mass is 35.5. The maximum absolute atomic E-state index is 11.5. The van der Waals surface area contributed by atoms with Crippen LogP contribution in [-0.4, -0.2) is 25.6 Å². The molecule has 0 aliphatic heterocycles. The lowest BCUT2D eigenvalue weighted by atomic mass is 9.87. The molecule has 0 fully saturated rings. The summed E-state index contributed by atoms with van der Waals surface area (Å²) in [7, 11) is 0. The Bertz CT molecular complexity index is 427. The van der Waals surface area contributed by atoms with Gasteiger partial charge in [0.25, 0.3) is 0 Å². The molecule has 1 aromatic rings. The van der Waals surface area contributed by atoms with Gasteiger partial charge in [0, 0.05) is 12.5 Å². The lowest BCUT2D eigenvalue weighted by Crippen LogP contribution is -2.35. The Kier molecular flexibility index (Phi) is 8.37. The Balaban J connectivity index is 0.00000400. The number of halogens is 1. The molecule has 1 unspecified atom stereocenters. The van der Waals surface area contributed by atoms with Crippen LogP contribution in [-0.2, 0) is 10.2 Å². The third-order valence-electron chi connectivity index (χ3n) is 3.19. The van der Waals surface area contributed by atoms with E-state index < -0.39 is 0 Å². The zero-order valence-corrected chi connectivity index (χ0v) is 14.1. The number of carbonyl (C=O) groups excluding carboxylic acids is 1. The fraction of sp³-hybridized carbons (Fsp3) is 0.562. The molecule has 1 atom stereocenters. The number of nitrogens with one attached hydrogen (secondary N) is 1. The van der Waals surface area contributed by atoms with Gasteiger partial charge in [0.1, 0.15) is 12.4 Å². The summed E-state index contributed by atoms with van der Waals surface area (Å²) in [6, 6.07) is 8.07. The fourth-order valence-corrected chi connectivity index (χ4v) is 1.68. The molecule has 0 spiro atoms. The first-order valence-corrected chi connectivity index (χ1v) is 7.05. The van der Waals surface area contributed by atoms with Gasteiger partial charge in [0.05, 0.1) is 6.54 Å². The van der Waals surface area contributed by atoms with Gasteiger partial charge in [-0.3, -0.25) is 4.79 Å². The van der Waals surface area contributed by atoms with E-state index in [4.69, 9.17) is 10.5 Å². The minimum Gasteiger partial charge on any atom is -0.492 e. The number of ether oxygens (including phenoxy) is 1. The van der Waals surface area contributed by atoms with Crippen molar-refractivity contribution in [2.45, 2.75) is 33.1 Å². The molecule has 0 saturated heterocycles. The summed E-state index contributed by atoms with van der Waals surface area (Å²) in [5.41, 5.74) is 6.84. The molecule has 1 rings (SSSR count). The van der Waals surface area contributed by atoms with E-state index in [1.54, 1.807) is 6.92 Å². The molecule has 3 N–H and O–H groups in total. The normalized spacial score (nSPS) is 12.2. The van der Waals surface area contributed by atoms with E-state index >= 15 is 0 Å². The predicted molar refractivity (Wildman–Crippen MR) is 89.1 cm³/mol. The van der Waals surface area contributed by atoms with Gasteiger partial charge in [-0.25, -0.2) is 0 Å². The number of nitrogens with two attached hydrogens (primary N) is 1. The molecule has 1 amide bonds. The van der Waals surface area contributed by atoms with Gasteiger partial charge in [-0.15, -0.1) is 12.4 Å². The first kappa shape index (κ1) is 19.7. The molecule has 120 valence electrons. The van der Waals surface area contributed by atoms with Crippen molar-refractivity contribution in [3.05, 3.63) is 29.8 Å². The van der Waals surface area contributed by atoms with Crippen LogP contribution in [0.25, 0.3) is 0 Å². The van der Waals surface area contributed by atoms with Crippen LogP contribution in [0.1, 0.15) is 33.3 Å². The molecule has 1 aromatic carbocycles. The highest BCUT2D eigenvalue weighted by Crippen LogP contribution is 2.24. The molecule has 4 nitrogen and oxygen atoms in total. The number of carbonyl (C=O) groups is 1. The Labute approximate surface area is 133 Å². The minimum atomic E-state index is -0.152. The predicted octanol–water partition coefficient (Wildman–Crippen LogP) is 2.50. The molecule has 5 heteroatoms. The van der Waals surface area contributed by atoms with Gasteiger partial charge in [0.2, 0.25) is 5.91 Å². The lowest BCUT2D eigenvalue weighted by molar-refractivity contribution is -0.124. The summed E-state index contributed by atoms with van der Waals surface area (Å²) in [5.74, 6) is 0.638. The molecule has 0 heterocycles. The highest BCUT2D eigenvalue weighted by molar-refractivity contribution is 5.85. The van der Waals surface area contributed by atoms with Crippen LogP contribution in [0.5, 0.6) is 5.75 Å². The van der Waals surface area contributed by atoms with E-state index in [1.807, 2.05) is 12.1 Å². The molecular formula is C16H27ClN2O2. The molecule has 0 bridgehead atoms. The zero-order valence-electron chi connectivity index (χ0n) is 13.3. The summed E-state index contributed by atoms with van der Waals surface area (Å²) < 4.78 is 5.59. The van der Waals surface area contributed by atoms with Crippen molar-refractivity contribution in [1.82, 2.24) is 5.32 Å². The van der Waals surface area contributed by atoms with Crippen LogP contribution < -0.4 is 15.8 Å². The number of benzene rings is 1. The molecule has 0 aliphatic rings. The average Bonchev–Trinajstić information content (AvgIpc) is 2.42. The zero-order chi connectivity index (χ0) is 15.2. The van der Waals surface area contributed by atoms with E-state index in [0.29, 0.717) is 19.7 Å². The van der Waals surface area contributed by atoms with Crippen LogP contribution in [0, 0.1) is 5.92 Å². The smallest absolute Gasteiger partial charge is 0.224 e. The third kappa shape index (κ3) is 6.82. The number of hydrogen-bond acceptors (Lipinski definition) is 3. The maximum atomic E-state index is 11.5. The van der Waals surface area contributed by atoms with Crippen molar-refractivity contribution >= 4 is 18.3 Å². The molecule has 0 radical (unpaired) electrons. The van der Waals surface area contributed by atoms with Gasteiger partial charge in [0.15, 0.2) is 0 Å². The second kappa shape index (κ2) is 8.90. The Morgan fingerprint density at radius 1 is 1.29 bits per heavy atom. The van der Waals surface area contributed by atoms with E-state index in [1.165, 1.54) is 5.56 Å². The molecule has 0 aliphatic carbocycles. The van der Waals surface area contributed by atoms with Gasteiger partial charge in [-0.1, -0.05) is 39.8 Å². The van der Waals surface area contributed by atoms with Gasteiger partial charge in [-0.05, 0) is 23.1 Å². The second-order valence-corrected chi connectivity index (χ2v) is 6.05. The SMILES string of the molecule is CC(CN)C(=O)NCCOc1ccc(C(C)(C)C)cc1.Cl. The third-order valence-corrected chi connectivity index (χ3v) is 3.19. The van der Waals surface area contributed by atoms with E-state index in [9.17, 15) is 4.79 Å². The molecule has 0 aromatic heterocycles. The van der Waals surface area contributed by atoms with Crippen molar-refractivity contribution in [3.8, 4) is 5.75 Å². The van der Waals surface area contributed by atoms with Crippen molar-refractivity contribution in [1.29, 1.82) is 0 Å². The van der Waals surface area contributed by atoms with E-state index in [0.717, 1.165) is 5.75 Å². The van der Waals surface area contributed by atoms with Crippen LogP contribution in [0.3, 0.4) is 0 Å². The van der Waals surface area contributed by atoms with Crippen LogP contribution in [0.4, 0.5) is 0 Å². The maximum Gasteiger partial charge on any atom is 0.224 e. The molecular weight excluding hydrogens is 288 g/mol. The van der Waals surface area contributed by atoms with Gasteiger partial charge in [-0.2, -0.15) is 0 Å². The Morgan fingerprint density at radius 3 is 2.33 bits per heavy atom. The van der Waals surface area contributed by atoms with Crippen molar-refractivity contribution in [3.63, 3.8) is 0 Å². The van der Waals surface area contributed by atoms with Gasteiger partial charge >= 0.3 is 0 Å². The molecule has 21 heavy (non-hydrogen) atoms. The van der Waals surface area contributed by atoms with Crippen LogP contribution >= 0.6 is 12.4 Å². The monoisotopic (exact) mass is 314 g/mol. The van der Waals surface area contributed by atoms with E-state index in [2.05, 4.69) is 38.2 Å². The number of amides is 1. The van der Waals surface area contributed by atoms with Crippen LogP contribution in [0.15, 0.2) is 24.3 Å². The first-order valence-electron chi connectivity index (χ1n) is 7.05. The largest absolute Gasteiger partial charge is 0.492 e. The van der Waals surface area contributed by atoms with Gasteiger partial charge < -0.3 is 15.8 Å². The average molecular weight is 315 g/mol. The number of hydrogen-bond donors (Lipinski definition) is 2. The topological polar surface area (TPSA) is 64.4 Å². The summed E-state index contributed by atoms with van der Waals surface area (Å²) >= 11 is 0. The summed E-state index contributed by atoms with van der Waals surface area (Å²) in [6.45, 7) is 9.65. The Hall–Kier alpha value is -1.26. The fourth-order valence-electron chi connectivity index (χ4n) is 1.68. The highest BCUT2D eigenvalue weighted by Gasteiger charge is 2.13. The Morgan fingerprint density at radius 2 is 1.86 bits per heavy atom. The number of rotatable bonds is 6. The van der Waals surface area contributed by atoms with Crippen LogP contribution in [0.2, 0.25) is 0 Å². The second-order valence-electron chi connectivity index (χ2n) is 6.05. The standard InChI is InChI=1S/C16H26N2O2.ClH/c1-12(11-17)15(19)18-9-10-20-14-7-5-13(6-8-14)16(2,3)4;/h5-8,12H,9-11,17H2,1-4H3,(H,18,19);1H. The van der Waals surface area contributed by atoms with Crippen molar-refractivity contribution in [2.24, 2.45) is 11.7 Å². The summed E-state index contributed by atoms with van der Waals surface area (Å²) in [4.78, 5) is 11.5. The van der Waals surface area contributed by atoms with E-state index in [-0.39, 0.29) is 29.6 Å². The first-order chi connectivity index (χ1) is 9.34. The molecule has 0 saturated carbocycles.